The number of rotatable bonds is 5. The number of para-hydroxylation sites is 1. The van der Waals surface area contributed by atoms with Gasteiger partial charge in [0.2, 0.25) is 0 Å². The molecule has 1 rings (SSSR count). The molecule has 0 heterocycles. The van der Waals surface area contributed by atoms with E-state index in [1.54, 1.807) is 12.1 Å². The summed E-state index contributed by atoms with van der Waals surface area (Å²) in [7, 11) is -3.73. The van der Waals surface area contributed by atoms with Gasteiger partial charge in [0.1, 0.15) is 0 Å². The maximum Gasteiger partial charge on any atom is 0.296 e. The molecular weight excluding hydrogens is 226 g/mol. The van der Waals surface area contributed by atoms with E-state index in [0.717, 1.165) is 12.1 Å². The standard InChI is InChI=1S/C10H17N3O2S/c1-3-12-8(2)9-6-4-5-7-10(9)13-16(11,14)15/h4-8,12-13H,3H2,1-2H3,(H2,11,14,15). The molecule has 0 bridgehead atoms. The van der Waals surface area contributed by atoms with Gasteiger partial charge in [-0.25, -0.2) is 5.14 Å². The molecule has 4 N–H and O–H groups in total. The highest BCUT2D eigenvalue weighted by Gasteiger charge is 2.11. The molecule has 0 spiro atoms. The van der Waals surface area contributed by atoms with Gasteiger partial charge < -0.3 is 5.32 Å². The van der Waals surface area contributed by atoms with Gasteiger partial charge in [0.15, 0.2) is 0 Å². The average Bonchev–Trinajstić information content (AvgIpc) is 2.16. The van der Waals surface area contributed by atoms with Gasteiger partial charge in [0.05, 0.1) is 5.69 Å². The van der Waals surface area contributed by atoms with Crippen LogP contribution in [0.15, 0.2) is 24.3 Å². The fourth-order valence-corrected chi connectivity index (χ4v) is 2.03. The van der Waals surface area contributed by atoms with E-state index < -0.39 is 10.2 Å². The van der Waals surface area contributed by atoms with Crippen LogP contribution in [0.2, 0.25) is 0 Å². The molecule has 0 radical (unpaired) electrons. The number of nitrogens with two attached hydrogens (primary N) is 1. The minimum absolute atomic E-state index is 0.0652. The second-order valence-electron chi connectivity index (χ2n) is 3.51. The van der Waals surface area contributed by atoms with Crippen molar-refractivity contribution >= 4 is 15.9 Å². The van der Waals surface area contributed by atoms with E-state index in [-0.39, 0.29) is 6.04 Å². The van der Waals surface area contributed by atoms with E-state index in [0.29, 0.717) is 5.69 Å². The first-order chi connectivity index (χ1) is 7.44. The normalized spacial score (nSPS) is 13.4. The molecule has 0 aliphatic rings. The minimum atomic E-state index is -3.73. The number of benzene rings is 1. The van der Waals surface area contributed by atoms with E-state index in [1.165, 1.54) is 0 Å². The van der Waals surface area contributed by atoms with Gasteiger partial charge in [0, 0.05) is 6.04 Å². The zero-order chi connectivity index (χ0) is 12.2. The summed E-state index contributed by atoms with van der Waals surface area (Å²) < 4.78 is 24.3. The molecule has 0 aliphatic carbocycles. The smallest absolute Gasteiger partial charge is 0.296 e. The topological polar surface area (TPSA) is 84.2 Å². The van der Waals surface area contributed by atoms with Crippen molar-refractivity contribution in [1.29, 1.82) is 0 Å². The van der Waals surface area contributed by atoms with E-state index in [1.807, 2.05) is 26.0 Å². The Morgan fingerprint density at radius 2 is 2.00 bits per heavy atom. The number of nitrogens with one attached hydrogen (secondary N) is 2. The molecular formula is C10H17N3O2S. The second kappa shape index (κ2) is 5.29. The predicted molar refractivity (Wildman–Crippen MR) is 65.3 cm³/mol. The van der Waals surface area contributed by atoms with Crippen LogP contribution in [0.3, 0.4) is 0 Å². The summed E-state index contributed by atoms with van der Waals surface area (Å²) in [5.41, 5.74) is 1.39. The number of hydrogen-bond donors (Lipinski definition) is 3. The Morgan fingerprint density at radius 1 is 1.38 bits per heavy atom. The molecule has 1 unspecified atom stereocenters. The van der Waals surface area contributed by atoms with E-state index in [9.17, 15) is 8.42 Å². The van der Waals surface area contributed by atoms with Gasteiger partial charge in [-0.2, -0.15) is 8.42 Å². The third-order valence-corrected chi connectivity index (χ3v) is 2.69. The summed E-state index contributed by atoms with van der Waals surface area (Å²) in [5, 5.41) is 8.16. The lowest BCUT2D eigenvalue weighted by Gasteiger charge is -2.17. The zero-order valence-corrected chi connectivity index (χ0v) is 10.2. The highest BCUT2D eigenvalue weighted by Crippen LogP contribution is 2.22. The minimum Gasteiger partial charge on any atom is -0.310 e. The van der Waals surface area contributed by atoms with Crippen molar-refractivity contribution in [3.8, 4) is 0 Å². The van der Waals surface area contributed by atoms with Crippen molar-refractivity contribution in [2.75, 3.05) is 11.3 Å². The summed E-state index contributed by atoms with van der Waals surface area (Å²) in [6.07, 6.45) is 0. The van der Waals surface area contributed by atoms with Crippen molar-refractivity contribution < 1.29 is 8.42 Å². The number of hydrogen-bond acceptors (Lipinski definition) is 3. The first-order valence-corrected chi connectivity index (χ1v) is 6.61. The van der Waals surface area contributed by atoms with Crippen molar-refractivity contribution in [2.24, 2.45) is 5.14 Å². The van der Waals surface area contributed by atoms with Crippen molar-refractivity contribution in [2.45, 2.75) is 19.9 Å². The Bertz CT molecular complexity index is 445. The lowest BCUT2D eigenvalue weighted by molar-refractivity contribution is 0.596. The van der Waals surface area contributed by atoms with Crippen LogP contribution in [0.1, 0.15) is 25.5 Å². The van der Waals surface area contributed by atoms with Crippen LogP contribution in [0.25, 0.3) is 0 Å². The predicted octanol–water partition coefficient (Wildman–Crippen LogP) is 0.972. The quantitative estimate of drug-likeness (QED) is 0.720. The summed E-state index contributed by atoms with van der Waals surface area (Å²) in [5.74, 6) is 0. The van der Waals surface area contributed by atoms with Crippen molar-refractivity contribution in [1.82, 2.24) is 5.32 Å². The molecule has 0 aromatic heterocycles. The fraction of sp³-hybridized carbons (Fsp3) is 0.400. The maximum absolute atomic E-state index is 11.0. The largest absolute Gasteiger partial charge is 0.310 e. The van der Waals surface area contributed by atoms with Crippen LogP contribution in [-0.4, -0.2) is 15.0 Å². The first kappa shape index (κ1) is 13.0. The van der Waals surface area contributed by atoms with Crippen LogP contribution in [0.5, 0.6) is 0 Å². The zero-order valence-electron chi connectivity index (χ0n) is 9.40. The van der Waals surface area contributed by atoms with Gasteiger partial charge in [-0.1, -0.05) is 25.1 Å². The monoisotopic (exact) mass is 243 g/mol. The molecule has 1 atom stereocenters. The molecule has 0 fully saturated rings. The Hall–Kier alpha value is -1.11. The molecule has 0 saturated heterocycles. The van der Waals surface area contributed by atoms with Crippen molar-refractivity contribution in [3.63, 3.8) is 0 Å². The summed E-state index contributed by atoms with van der Waals surface area (Å²) in [6.45, 7) is 4.77. The average molecular weight is 243 g/mol. The Labute approximate surface area is 96.2 Å². The first-order valence-electron chi connectivity index (χ1n) is 5.07. The molecule has 0 saturated carbocycles. The van der Waals surface area contributed by atoms with Crippen LogP contribution in [-0.2, 0) is 10.2 Å². The summed E-state index contributed by atoms with van der Waals surface area (Å²) >= 11 is 0. The SMILES string of the molecule is CCNC(C)c1ccccc1NS(N)(=O)=O. The molecule has 1 aromatic rings. The lowest BCUT2D eigenvalue weighted by atomic mass is 10.1. The van der Waals surface area contributed by atoms with E-state index in [4.69, 9.17) is 5.14 Å². The van der Waals surface area contributed by atoms with Gasteiger partial charge in [-0.15, -0.1) is 0 Å². The summed E-state index contributed by atoms with van der Waals surface area (Å²) in [6, 6.07) is 7.23. The van der Waals surface area contributed by atoms with Crippen LogP contribution in [0.4, 0.5) is 5.69 Å². The van der Waals surface area contributed by atoms with E-state index in [2.05, 4.69) is 10.0 Å². The molecule has 1 aromatic carbocycles. The molecule has 0 amide bonds. The summed E-state index contributed by atoms with van der Waals surface area (Å²) in [4.78, 5) is 0. The van der Waals surface area contributed by atoms with Gasteiger partial charge in [-0.3, -0.25) is 4.72 Å². The Balaban J connectivity index is 3.00. The maximum atomic E-state index is 11.0. The third kappa shape index (κ3) is 3.80. The number of anilines is 1. The molecule has 90 valence electrons. The molecule has 0 aliphatic heterocycles. The van der Waals surface area contributed by atoms with Gasteiger partial charge >= 0.3 is 0 Å². The Morgan fingerprint density at radius 3 is 2.56 bits per heavy atom. The molecule has 16 heavy (non-hydrogen) atoms. The Kier molecular flexibility index (Phi) is 4.28. The van der Waals surface area contributed by atoms with Gasteiger partial charge in [-0.05, 0) is 25.1 Å². The molecule has 6 heteroatoms. The van der Waals surface area contributed by atoms with Gasteiger partial charge in [0.25, 0.3) is 10.2 Å². The van der Waals surface area contributed by atoms with Crippen molar-refractivity contribution in [3.05, 3.63) is 29.8 Å². The highest BCUT2D eigenvalue weighted by atomic mass is 32.2. The molecule has 5 nitrogen and oxygen atoms in total. The van der Waals surface area contributed by atoms with Crippen LogP contribution in [0, 0.1) is 0 Å². The third-order valence-electron chi connectivity index (χ3n) is 2.19. The van der Waals surface area contributed by atoms with Crippen LogP contribution < -0.4 is 15.2 Å². The second-order valence-corrected chi connectivity index (χ2v) is 4.81. The fourth-order valence-electron chi connectivity index (χ4n) is 1.54. The van der Waals surface area contributed by atoms with Crippen LogP contribution >= 0.6 is 0 Å². The lowest BCUT2D eigenvalue weighted by Crippen LogP contribution is -2.24. The van der Waals surface area contributed by atoms with E-state index >= 15 is 0 Å². The highest BCUT2D eigenvalue weighted by molar-refractivity contribution is 7.90.